The van der Waals surface area contributed by atoms with E-state index in [0.29, 0.717) is 5.25 Å². The fraction of sp³-hybridized carbons (Fsp3) is 0.538. The fourth-order valence-electron chi connectivity index (χ4n) is 2.68. The van der Waals surface area contributed by atoms with Crippen LogP contribution in [-0.4, -0.2) is 17.6 Å². The van der Waals surface area contributed by atoms with Crippen LogP contribution in [0.4, 0.5) is 0 Å². The average molecular weight is 250 g/mol. The molecular formula is C13H18N2OS. The van der Waals surface area contributed by atoms with E-state index in [-0.39, 0.29) is 6.04 Å². The minimum Gasteiger partial charge on any atom is -0.493 e. The molecule has 1 aromatic carbocycles. The van der Waals surface area contributed by atoms with Gasteiger partial charge in [0, 0.05) is 11.7 Å². The molecule has 2 heterocycles. The molecule has 3 N–H and O–H groups in total. The number of fused-ring (bicyclic) bond motifs is 1. The van der Waals surface area contributed by atoms with Gasteiger partial charge in [-0.15, -0.1) is 0 Å². The second-order valence-corrected chi connectivity index (χ2v) is 6.01. The Hall–Kier alpha value is -0.710. The number of thioether (sulfide) groups is 1. The standard InChI is InChI=1S/C13H18N2OS/c14-15-13(12-2-1-7-17-12)10-3-4-11-9(8-10)5-6-16-11/h3-4,8,12-13,15H,1-2,5-7,14H2. The molecule has 0 radical (unpaired) electrons. The Morgan fingerprint density at radius 1 is 1.47 bits per heavy atom. The molecule has 2 aliphatic heterocycles. The van der Waals surface area contributed by atoms with Gasteiger partial charge in [-0.2, -0.15) is 11.8 Å². The number of hydrogen-bond acceptors (Lipinski definition) is 4. The van der Waals surface area contributed by atoms with E-state index in [9.17, 15) is 0 Å². The Bertz CT molecular complexity index is 404. The maximum absolute atomic E-state index is 5.74. The molecule has 4 heteroatoms. The smallest absolute Gasteiger partial charge is 0.122 e. The number of nitrogens with two attached hydrogens (primary N) is 1. The molecule has 2 atom stereocenters. The van der Waals surface area contributed by atoms with E-state index >= 15 is 0 Å². The third-order valence-corrected chi connectivity index (χ3v) is 5.05. The van der Waals surface area contributed by atoms with Crippen molar-refractivity contribution in [3.8, 4) is 5.75 Å². The summed E-state index contributed by atoms with van der Waals surface area (Å²) in [6.45, 7) is 0.817. The van der Waals surface area contributed by atoms with Gasteiger partial charge in [0.25, 0.3) is 0 Å². The van der Waals surface area contributed by atoms with E-state index in [2.05, 4.69) is 23.6 Å². The normalized spacial score (nSPS) is 24.4. The maximum Gasteiger partial charge on any atom is 0.122 e. The van der Waals surface area contributed by atoms with Crippen molar-refractivity contribution in [1.82, 2.24) is 5.43 Å². The van der Waals surface area contributed by atoms with Crippen LogP contribution in [0.5, 0.6) is 5.75 Å². The lowest BCUT2D eigenvalue weighted by atomic mass is 9.98. The molecule has 2 unspecified atom stereocenters. The monoisotopic (exact) mass is 250 g/mol. The first-order valence-corrected chi connectivity index (χ1v) is 7.27. The molecular weight excluding hydrogens is 232 g/mol. The van der Waals surface area contributed by atoms with Crippen LogP contribution < -0.4 is 16.0 Å². The van der Waals surface area contributed by atoms with Gasteiger partial charge in [0.2, 0.25) is 0 Å². The minimum absolute atomic E-state index is 0.272. The third-order valence-electron chi connectivity index (χ3n) is 3.59. The molecule has 17 heavy (non-hydrogen) atoms. The summed E-state index contributed by atoms with van der Waals surface area (Å²) in [7, 11) is 0. The van der Waals surface area contributed by atoms with Gasteiger partial charge in [-0.3, -0.25) is 11.3 Å². The van der Waals surface area contributed by atoms with E-state index in [4.69, 9.17) is 10.6 Å². The number of hydrogen-bond donors (Lipinski definition) is 2. The first-order chi connectivity index (χ1) is 8.38. The highest BCUT2D eigenvalue weighted by Gasteiger charge is 2.27. The Balaban J connectivity index is 1.85. The third kappa shape index (κ3) is 2.17. The Kier molecular flexibility index (Phi) is 3.27. The molecule has 0 aromatic heterocycles. The van der Waals surface area contributed by atoms with E-state index in [0.717, 1.165) is 18.8 Å². The van der Waals surface area contributed by atoms with Crippen LogP contribution in [0.15, 0.2) is 18.2 Å². The molecule has 92 valence electrons. The first kappa shape index (κ1) is 11.4. The van der Waals surface area contributed by atoms with E-state index < -0.39 is 0 Å². The molecule has 0 bridgehead atoms. The van der Waals surface area contributed by atoms with Gasteiger partial charge >= 0.3 is 0 Å². The minimum atomic E-state index is 0.272. The SMILES string of the molecule is NNC(c1ccc2c(c1)CCO2)C1CCCS1. The van der Waals surface area contributed by atoms with Crippen LogP contribution in [0.25, 0.3) is 0 Å². The maximum atomic E-state index is 5.74. The largest absolute Gasteiger partial charge is 0.493 e. The Labute approximate surface area is 106 Å². The highest BCUT2D eigenvalue weighted by atomic mass is 32.2. The number of benzene rings is 1. The molecule has 1 aromatic rings. The Morgan fingerprint density at radius 3 is 3.18 bits per heavy atom. The molecule has 0 aliphatic carbocycles. The summed E-state index contributed by atoms with van der Waals surface area (Å²) >= 11 is 2.03. The van der Waals surface area contributed by atoms with Gasteiger partial charge in [-0.05, 0) is 35.8 Å². The van der Waals surface area contributed by atoms with Crippen molar-refractivity contribution in [3.05, 3.63) is 29.3 Å². The second-order valence-electron chi connectivity index (χ2n) is 4.66. The van der Waals surface area contributed by atoms with Crippen LogP contribution >= 0.6 is 11.8 Å². The second kappa shape index (κ2) is 4.88. The molecule has 3 rings (SSSR count). The quantitative estimate of drug-likeness (QED) is 0.636. The molecule has 0 spiro atoms. The van der Waals surface area contributed by atoms with E-state index in [1.165, 1.54) is 29.7 Å². The van der Waals surface area contributed by atoms with Crippen molar-refractivity contribution in [1.29, 1.82) is 0 Å². The topological polar surface area (TPSA) is 47.3 Å². The fourth-order valence-corrected chi connectivity index (χ4v) is 4.08. The van der Waals surface area contributed by atoms with Gasteiger partial charge in [0.15, 0.2) is 0 Å². The van der Waals surface area contributed by atoms with Gasteiger partial charge in [-0.1, -0.05) is 12.1 Å². The highest BCUT2D eigenvalue weighted by molar-refractivity contribution is 8.00. The molecule has 0 saturated carbocycles. The summed E-state index contributed by atoms with van der Waals surface area (Å²) in [6.07, 6.45) is 3.59. The van der Waals surface area contributed by atoms with Gasteiger partial charge in [0.1, 0.15) is 5.75 Å². The molecule has 3 nitrogen and oxygen atoms in total. The zero-order valence-corrected chi connectivity index (χ0v) is 10.6. The molecule has 2 aliphatic rings. The number of nitrogens with one attached hydrogen (secondary N) is 1. The van der Waals surface area contributed by atoms with E-state index in [1.807, 2.05) is 11.8 Å². The van der Waals surface area contributed by atoms with Crippen molar-refractivity contribution >= 4 is 11.8 Å². The lowest BCUT2D eigenvalue weighted by Crippen LogP contribution is -2.34. The van der Waals surface area contributed by atoms with Crippen molar-refractivity contribution in [2.75, 3.05) is 12.4 Å². The zero-order valence-electron chi connectivity index (χ0n) is 9.82. The Morgan fingerprint density at radius 2 is 2.41 bits per heavy atom. The molecule has 1 fully saturated rings. The number of rotatable bonds is 3. The predicted octanol–water partition coefficient (Wildman–Crippen LogP) is 2.02. The van der Waals surface area contributed by atoms with Crippen LogP contribution in [0.1, 0.15) is 30.0 Å². The first-order valence-electron chi connectivity index (χ1n) is 6.22. The van der Waals surface area contributed by atoms with Crippen LogP contribution in [0.3, 0.4) is 0 Å². The predicted molar refractivity (Wildman–Crippen MR) is 71.2 cm³/mol. The summed E-state index contributed by atoms with van der Waals surface area (Å²) in [5, 5.41) is 0.611. The van der Waals surface area contributed by atoms with E-state index in [1.54, 1.807) is 0 Å². The van der Waals surface area contributed by atoms with Crippen molar-refractivity contribution in [2.45, 2.75) is 30.6 Å². The lowest BCUT2D eigenvalue weighted by molar-refractivity contribution is 0.356. The number of ether oxygens (including phenoxy) is 1. The number of hydrazine groups is 1. The van der Waals surface area contributed by atoms with Crippen molar-refractivity contribution in [2.24, 2.45) is 5.84 Å². The summed E-state index contributed by atoms with van der Waals surface area (Å²) in [4.78, 5) is 0. The van der Waals surface area contributed by atoms with Gasteiger partial charge < -0.3 is 4.74 Å². The molecule has 1 saturated heterocycles. The van der Waals surface area contributed by atoms with Crippen LogP contribution in [0, 0.1) is 0 Å². The summed E-state index contributed by atoms with van der Waals surface area (Å²) < 4.78 is 5.54. The molecule has 0 amide bonds. The highest BCUT2D eigenvalue weighted by Crippen LogP contribution is 2.37. The van der Waals surface area contributed by atoms with Gasteiger partial charge in [-0.25, -0.2) is 0 Å². The summed E-state index contributed by atoms with van der Waals surface area (Å²) in [5.74, 6) is 8.04. The lowest BCUT2D eigenvalue weighted by Gasteiger charge is -2.22. The van der Waals surface area contributed by atoms with Gasteiger partial charge in [0.05, 0.1) is 12.6 Å². The van der Waals surface area contributed by atoms with Crippen molar-refractivity contribution < 1.29 is 4.74 Å². The average Bonchev–Trinajstić information content (AvgIpc) is 2.99. The summed E-state index contributed by atoms with van der Waals surface area (Å²) in [6, 6.07) is 6.76. The van der Waals surface area contributed by atoms with Crippen LogP contribution in [-0.2, 0) is 6.42 Å². The van der Waals surface area contributed by atoms with Crippen LogP contribution in [0.2, 0.25) is 0 Å². The summed E-state index contributed by atoms with van der Waals surface area (Å²) in [5.41, 5.74) is 5.62. The zero-order chi connectivity index (χ0) is 11.7. The van der Waals surface area contributed by atoms with Crippen molar-refractivity contribution in [3.63, 3.8) is 0 Å².